The Balaban J connectivity index is 1.80. The first kappa shape index (κ1) is 20.8. The van der Waals surface area contributed by atoms with E-state index in [9.17, 15) is 14.4 Å². The second kappa shape index (κ2) is 8.19. The maximum atomic E-state index is 12.6. The fraction of sp³-hybridized carbons (Fsp3) is 0.611. The van der Waals surface area contributed by atoms with Gasteiger partial charge in [0.05, 0.1) is 19.0 Å². The van der Waals surface area contributed by atoms with Crippen LogP contribution in [0.1, 0.15) is 39.6 Å². The Kier molecular flexibility index (Phi) is 5.87. The molecule has 3 heterocycles. The van der Waals surface area contributed by atoms with E-state index in [0.29, 0.717) is 25.5 Å². The molecule has 1 amide bonds. The van der Waals surface area contributed by atoms with Crippen LogP contribution < -0.4 is 10.9 Å². The molecule has 1 aliphatic rings. The Morgan fingerprint density at radius 3 is 2.79 bits per heavy atom. The Morgan fingerprint density at radius 2 is 2.10 bits per heavy atom. The molecule has 1 aliphatic heterocycles. The van der Waals surface area contributed by atoms with E-state index >= 15 is 0 Å². The van der Waals surface area contributed by atoms with Crippen molar-refractivity contribution in [3.63, 3.8) is 0 Å². The molecule has 1 fully saturated rings. The monoisotopic (exact) mass is 406 g/mol. The van der Waals surface area contributed by atoms with E-state index in [1.807, 2.05) is 20.8 Å². The van der Waals surface area contributed by atoms with Gasteiger partial charge < -0.3 is 29.2 Å². The lowest BCUT2D eigenvalue weighted by Gasteiger charge is -2.34. The first-order valence-corrected chi connectivity index (χ1v) is 9.50. The van der Waals surface area contributed by atoms with Crippen LogP contribution in [0.4, 0.5) is 4.79 Å². The predicted molar refractivity (Wildman–Crippen MR) is 103 cm³/mol. The van der Waals surface area contributed by atoms with E-state index in [4.69, 9.17) is 9.47 Å². The summed E-state index contributed by atoms with van der Waals surface area (Å²) in [6.45, 7) is 8.59. The molecule has 2 aromatic rings. The number of carbonyl (C=O) groups excluding carboxylic acids is 2. The number of carbonyl (C=O) groups is 2. The number of hydrogen-bond acceptors (Lipinski definition) is 8. The summed E-state index contributed by atoms with van der Waals surface area (Å²) >= 11 is 0. The van der Waals surface area contributed by atoms with E-state index < -0.39 is 23.2 Å². The maximum Gasteiger partial charge on any atom is 0.410 e. The predicted octanol–water partition coefficient (Wildman–Crippen LogP) is 0.564. The Bertz CT molecular complexity index is 960. The number of aromatic nitrogens is 4. The van der Waals surface area contributed by atoms with Gasteiger partial charge in [-0.05, 0) is 27.7 Å². The average Bonchev–Trinajstić information content (AvgIpc) is 3.04. The lowest BCUT2D eigenvalue weighted by atomic mass is 10.2. The van der Waals surface area contributed by atoms with Gasteiger partial charge in [-0.3, -0.25) is 9.59 Å². The van der Waals surface area contributed by atoms with Gasteiger partial charge in [-0.15, -0.1) is 0 Å². The van der Waals surface area contributed by atoms with Gasteiger partial charge in [0.2, 0.25) is 0 Å². The third-order valence-corrected chi connectivity index (χ3v) is 4.26. The first-order chi connectivity index (χ1) is 13.7. The van der Waals surface area contributed by atoms with Crippen molar-refractivity contribution in [2.75, 3.05) is 26.2 Å². The summed E-state index contributed by atoms with van der Waals surface area (Å²) in [5, 5.41) is 3.24. The summed E-state index contributed by atoms with van der Waals surface area (Å²) < 4.78 is 11.7. The van der Waals surface area contributed by atoms with Gasteiger partial charge in [-0.25, -0.2) is 14.8 Å². The fourth-order valence-electron chi connectivity index (χ4n) is 3.06. The van der Waals surface area contributed by atoms with Crippen LogP contribution in [0.25, 0.3) is 11.2 Å². The highest BCUT2D eigenvalue weighted by Gasteiger charge is 2.29. The number of hydrogen-bond donors (Lipinski definition) is 2. The first-order valence-electron chi connectivity index (χ1n) is 9.50. The second-order valence-electron chi connectivity index (χ2n) is 7.73. The van der Waals surface area contributed by atoms with Gasteiger partial charge in [0, 0.05) is 19.6 Å². The molecule has 2 N–H and O–H groups in total. The van der Waals surface area contributed by atoms with Crippen LogP contribution in [0.3, 0.4) is 0 Å². The number of piperazine rings is 1. The third kappa shape index (κ3) is 4.91. The summed E-state index contributed by atoms with van der Waals surface area (Å²) in [5.74, 6) is -0.0885. The highest BCUT2D eigenvalue weighted by molar-refractivity contribution is 5.74. The maximum absolute atomic E-state index is 12.6. The Hall–Kier alpha value is -2.95. The van der Waals surface area contributed by atoms with Crippen LogP contribution >= 0.6 is 0 Å². The van der Waals surface area contributed by atoms with Gasteiger partial charge in [-0.2, -0.15) is 0 Å². The molecule has 0 aliphatic carbocycles. The summed E-state index contributed by atoms with van der Waals surface area (Å²) in [4.78, 5) is 49.6. The second-order valence-corrected chi connectivity index (χ2v) is 7.73. The molecule has 11 nitrogen and oxygen atoms in total. The van der Waals surface area contributed by atoms with E-state index in [1.165, 1.54) is 10.9 Å². The van der Waals surface area contributed by atoms with Crippen LogP contribution in [-0.4, -0.2) is 68.3 Å². The number of imidazole rings is 1. The van der Waals surface area contributed by atoms with Crippen molar-refractivity contribution >= 4 is 23.2 Å². The smallest absolute Gasteiger partial charge is 0.410 e. The number of rotatable bonds is 4. The minimum Gasteiger partial charge on any atom is -0.465 e. The van der Waals surface area contributed by atoms with Crippen molar-refractivity contribution in [3.05, 3.63) is 22.5 Å². The normalized spacial score (nSPS) is 17.4. The zero-order chi connectivity index (χ0) is 21.2. The molecule has 0 bridgehead atoms. The molecule has 158 valence electrons. The van der Waals surface area contributed by atoms with Crippen molar-refractivity contribution in [1.82, 2.24) is 29.7 Å². The van der Waals surface area contributed by atoms with Crippen LogP contribution in [-0.2, 0) is 20.8 Å². The van der Waals surface area contributed by atoms with Crippen molar-refractivity contribution in [3.8, 4) is 0 Å². The standard InChI is InChI=1S/C18H26N6O5/c1-5-28-12(25)9-24-10-20-15-13(24)16(26)22-14(21-15)11-8-23(7-6-19-11)17(27)29-18(2,3)4/h10-11,19H,5-9H2,1-4H3,(H,21,22,26). The average molecular weight is 406 g/mol. The van der Waals surface area contributed by atoms with Crippen molar-refractivity contribution in [2.24, 2.45) is 0 Å². The number of aromatic amines is 1. The minimum absolute atomic E-state index is 0.122. The minimum atomic E-state index is -0.589. The highest BCUT2D eigenvalue weighted by Crippen LogP contribution is 2.17. The SMILES string of the molecule is CCOC(=O)Cn1cnc2nc(C3CN(C(=O)OC(C)(C)C)CCN3)[nH]c(=O)c21. The molecule has 3 rings (SSSR count). The molecule has 0 saturated carbocycles. The molecule has 1 unspecified atom stereocenters. The lowest BCUT2D eigenvalue weighted by Crippen LogP contribution is -2.50. The highest BCUT2D eigenvalue weighted by atomic mass is 16.6. The largest absolute Gasteiger partial charge is 0.465 e. The van der Waals surface area contributed by atoms with Gasteiger partial charge in [0.25, 0.3) is 5.56 Å². The zero-order valence-corrected chi connectivity index (χ0v) is 17.0. The Labute approximate surface area is 167 Å². The van der Waals surface area contributed by atoms with Crippen LogP contribution in [0.5, 0.6) is 0 Å². The van der Waals surface area contributed by atoms with E-state index in [2.05, 4.69) is 20.3 Å². The number of amides is 1. The van der Waals surface area contributed by atoms with E-state index in [-0.39, 0.29) is 30.4 Å². The number of nitrogens with one attached hydrogen (secondary N) is 2. The molecule has 11 heteroatoms. The Morgan fingerprint density at radius 1 is 1.34 bits per heavy atom. The molecule has 0 aromatic carbocycles. The van der Waals surface area contributed by atoms with Crippen molar-refractivity contribution in [2.45, 2.75) is 45.9 Å². The quantitative estimate of drug-likeness (QED) is 0.704. The van der Waals surface area contributed by atoms with Gasteiger partial charge in [0.1, 0.15) is 18.0 Å². The van der Waals surface area contributed by atoms with Crippen molar-refractivity contribution in [1.29, 1.82) is 0 Å². The number of H-pyrrole nitrogens is 1. The molecular formula is C18H26N6O5. The third-order valence-electron chi connectivity index (χ3n) is 4.26. The molecule has 0 spiro atoms. The number of esters is 1. The van der Waals surface area contributed by atoms with E-state index in [1.54, 1.807) is 11.8 Å². The summed E-state index contributed by atoms with van der Waals surface area (Å²) in [6.07, 6.45) is 0.973. The van der Waals surface area contributed by atoms with Gasteiger partial charge in [0.15, 0.2) is 11.2 Å². The molecule has 1 atom stereocenters. The van der Waals surface area contributed by atoms with E-state index in [0.717, 1.165) is 0 Å². The molecule has 1 saturated heterocycles. The van der Waals surface area contributed by atoms with Crippen LogP contribution in [0, 0.1) is 0 Å². The summed E-state index contributed by atoms with van der Waals surface area (Å²) in [5.41, 5.74) is -0.580. The molecule has 2 aromatic heterocycles. The topological polar surface area (TPSA) is 131 Å². The summed E-state index contributed by atoms with van der Waals surface area (Å²) in [7, 11) is 0. The van der Waals surface area contributed by atoms with Crippen LogP contribution in [0.15, 0.2) is 11.1 Å². The summed E-state index contributed by atoms with van der Waals surface area (Å²) in [6, 6.07) is -0.372. The fourth-order valence-corrected chi connectivity index (χ4v) is 3.06. The number of nitrogens with zero attached hydrogens (tertiary/aromatic N) is 4. The van der Waals surface area contributed by atoms with Crippen LogP contribution in [0.2, 0.25) is 0 Å². The molecule has 29 heavy (non-hydrogen) atoms. The zero-order valence-electron chi connectivity index (χ0n) is 17.0. The number of fused-ring (bicyclic) bond motifs is 1. The molecule has 0 radical (unpaired) electrons. The number of ether oxygens (including phenoxy) is 2. The van der Waals surface area contributed by atoms with Gasteiger partial charge >= 0.3 is 12.1 Å². The van der Waals surface area contributed by atoms with Gasteiger partial charge in [-0.1, -0.05) is 0 Å². The van der Waals surface area contributed by atoms with Crippen molar-refractivity contribution < 1.29 is 19.1 Å². The lowest BCUT2D eigenvalue weighted by molar-refractivity contribution is -0.143. The molecular weight excluding hydrogens is 380 g/mol.